The topological polar surface area (TPSA) is 76.8 Å². The first kappa shape index (κ1) is 15.8. The number of ether oxygens (including phenoxy) is 1. The van der Waals surface area contributed by atoms with Crippen LogP contribution in [0.25, 0.3) is 11.3 Å². The van der Waals surface area contributed by atoms with E-state index in [-0.39, 0.29) is 5.97 Å². The summed E-state index contributed by atoms with van der Waals surface area (Å²) >= 11 is 0. The second-order valence-electron chi connectivity index (χ2n) is 6.33. The van der Waals surface area contributed by atoms with Crippen molar-refractivity contribution in [1.29, 1.82) is 0 Å². The van der Waals surface area contributed by atoms with Crippen LogP contribution >= 0.6 is 0 Å². The molecule has 2 heterocycles. The molecule has 25 heavy (non-hydrogen) atoms. The number of hydrogen-bond donors (Lipinski definition) is 0. The second-order valence-corrected chi connectivity index (χ2v) is 6.33. The van der Waals surface area contributed by atoms with Crippen LogP contribution in [0.5, 0.6) is 0 Å². The van der Waals surface area contributed by atoms with Crippen LogP contribution in [-0.2, 0) is 22.5 Å². The van der Waals surface area contributed by atoms with E-state index >= 15 is 0 Å². The summed E-state index contributed by atoms with van der Waals surface area (Å²) < 4.78 is 10.8. The molecule has 4 rings (SSSR count). The molecule has 0 radical (unpaired) electrons. The Labute approximate surface area is 144 Å². The quantitative estimate of drug-likeness (QED) is 0.617. The average Bonchev–Trinajstić information content (AvgIpc) is 3.03. The molecule has 1 aromatic heterocycles. The summed E-state index contributed by atoms with van der Waals surface area (Å²) in [5, 5.41) is 0. The molecule has 1 aliphatic heterocycles. The normalized spacial score (nSPS) is 17.5. The van der Waals surface area contributed by atoms with Crippen molar-refractivity contribution < 1.29 is 23.5 Å². The Morgan fingerprint density at radius 2 is 1.92 bits per heavy atom. The number of fused-ring (bicyclic) bond motifs is 5. The third-order valence-corrected chi connectivity index (χ3v) is 5.03. The van der Waals surface area contributed by atoms with Crippen LogP contribution in [0.4, 0.5) is 0 Å². The van der Waals surface area contributed by atoms with Gasteiger partial charge in [0.2, 0.25) is 11.6 Å². The van der Waals surface area contributed by atoms with Crippen molar-refractivity contribution >= 4 is 17.5 Å². The van der Waals surface area contributed by atoms with Crippen LogP contribution in [0.15, 0.2) is 28.7 Å². The van der Waals surface area contributed by atoms with E-state index in [1.54, 1.807) is 25.1 Å². The summed E-state index contributed by atoms with van der Waals surface area (Å²) in [6.07, 6.45) is 0.552. The average molecular weight is 339 g/mol. The highest BCUT2D eigenvalue weighted by Gasteiger charge is 2.39. The molecule has 0 N–H and O–H groups in total. The molecule has 0 saturated heterocycles. The molecule has 2 aromatic rings. The van der Waals surface area contributed by atoms with Gasteiger partial charge in [0, 0.05) is 23.2 Å². The lowest BCUT2D eigenvalue weighted by atomic mass is 9.85. The van der Waals surface area contributed by atoms with Gasteiger partial charge in [-0.25, -0.2) is 0 Å². The first-order valence-electron chi connectivity index (χ1n) is 8.17. The lowest BCUT2D eigenvalue weighted by Gasteiger charge is -2.29. The van der Waals surface area contributed by atoms with Crippen molar-refractivity contribution in [3.63, 3.8) is 0 Å². The van der Waals surface area contributed by atoms with Gasteiger partial charge in [-0.1, -0.05) is 24.3 Å². The molecule has 1 aliphatic carbocycles. The number of Topliss-reactive ketones (excluding diaryl/α,β-unsaturated/α-hetero) is 2. The number of carbonyl (C=O) groups excluding carboxylic acids is 3. The van der Waals surface area contributed by atoms with Gasteiger partial charge in [0.1, 0.15) is 17.6 Å². The molecule has 0 spiro atoms. The van der Waals surface area contributed by atoms with Crippen LogP contribution in [0.2, 0.25) is 0 Å². The molecule has 0 saturated carbocycles. The largest absolute Gasteiger partial charge is 0.468 e. The number of methoxy groups -OCH3 is 1. The molecular formula is C19H17NO5. The van der Waals surface area contributed by atoms with Crippen LogP contribution in [0, 0.1) is 0 Å². The van der Waals surface area contributed by atoms with E-state index in [0.29, 0.717) is 47.7 Å². The molecule has 0 unspecified atom stereocenters. The van der Waals surface area contributed by atoms with E-state index in [0.717, 1.165) is 5.56 Å². The van der Waals surface area contributed by atoms with Crippen molar-refractivity contribution in [2.45, 2.75) is 25.9 Å². The summed E-state index contributed by atoms with van der Waals surface area (Å²) in [6, 6.07) is 6.59. The maximum absolute atomic E-state index is 12.6. The Morgan fingerprint density at radius 3 is 2.64 bits per heavy atom. The maximum atomic E-state index is 12.6. The van der Waals surface area contributed by atoms with Gasteiger partial charge in [-0.3, -0.25) is 19.3 Å². The third kappa shape index (κ3) is 2.25. The fourth-order valence-electron chi connectivity index (χ4n) is 3.62. The molecule has 0 amide bonds. The molecule has 1 aromatic carbocycles. The molecule has 2 aliphatic rings. The minimum Gasteiger partial charge on any atom is -0.468 e. The standard InChI is InChI=1S/C19H17NO5/c1-10(19(23)24-2)20-8-7-13-14(9-20)25-18-12-6-4-3-5-11(12)16(21)17(22)15(13)18/h3-6,10H,7-9H2,1-2H3/t10-/m0/s1. The molecule has 0 bridgehead atoms. The van der Waals surface area contributed by atoms with E-state index in [1.807, 2.05) is 11.0 Å². The van der Waals surface area contributed by atoms with Gasteiger partial charge in [0.05, 0.1) is 19.2 Å². The predicted octanol–water partition coefficient (Wildman–Crippen LogP) is 2.25. The van der Waals surface area contributed by atoms with Crippen molar-refractivity contribution in [3.8, 4) is 11.3 Å². The summed E-state index contributed by atoms with van der Waals surface area (Å²) in [6.45, 7) is 2.78. The molecular weight excluding hydrogens is 322 g/mol. The Bertz CT molecular complexity index is 911. The van der Waals surface area contributed by atoms with Gasteiger partial charge in [0.15, 0.2) is 0 Å². The van der Waals surface area contributed by atoms with Gasteiger partial charge >= 0.3 is 5.97 Å². The van der Waals surface area contributed by atoms with Gasteiger partial charge in [0.25, 0.3) is 0 Å². The summed E-state index contributed by atoms with van der Waals surface area (Å²) in [5.74, 6) is -0.191. The monoisotopic (exact) mass is 339 g/mol. The zero-order valence-corrected chi connectivity index (χ0v) is 14.0. The number of hydrogen-bond acceptors (Lipinski definition) is 6. The van der Waals surface area contributed by atoms with Crippen LogP contribution < -0.4 is 0 Å². The van der Waals surface area contributed by atoms with Gasteiger partial charge in [-0.2, -0.15) is 0 Å². The van der Waals surface area contributed by atoms with Crippen LogP contribution in [0.1, 0.15) is 39.0 Å². The van der Waals surface area contributed by atoms with Crippen molar-refractivity contribution in [1.82, 2.24) is 4.90 Å². The first-order chi connectivity index (χ1) is 12.0. The number of nitrogens with zero attached hydrogens (tertiary/aromatic N) is 1. The van der Waals surface area contributed by atoms with Crippen LogP contribution in [-0.4, -0.2) is 42.1 Å². The summed E-state index contributed by atoms with van der Waals surface area (Å²) in [5.41, 5.74) is 2.22. The van der Waals surface area contributed by atoms with E-state index in [9.17, 15) is 14.4 Å². The highest BCUT2D eigenvalue weighted by atomic mass is 16.5. The Morgan fingerprint density at radius 1 is 1.20 bits per heavy atom. The minimum absolute atomic E-state index is 0.309. The Balaban J connectivity index is 1.78. The second kappa shape index (κ2) is 5.67. The van der Waals surface area contributed by atoms with E-state index in [1.165, 1.54) is 7.11 Å². The van der Waals surface area contributed by atoms with Crippen molar-refractivity contribution in [2.24, 2.45) is 0 Å². The molecule has 6 heteroatoms. The number of benzene rings is 1. The summed E-state index contributed by atoms with van der Waals surface area (Å²) in [7, 11) is 1.36. The molecule has 1 atom stereocenters. The smallest absolute Gasteiger partial charge is 0.322 e. The van der Waals surface area contributed by atoms with E-state index in [2.05, 4.69) is 0 Å². The molecule has 128 valence electrons. The molecule has 0 fully saturated rings. The fraction of sp³-hybridized carbons (Fsp3) is 0.316. The van der Waals surface area contributed by atoms with E-state index < -0.39 is 17.6 Å². The lowest BCUT2D eigenvalue weighted by molar-refractivity contribution is -0.146. The van der Waals surface area contributed by atoms with Crippen LogP contribution in [0.3, 0.4) is 0 Å². The first-order valence-corrected chi connectivity index (χ1v) is 8.17. The minimum atomic E-state index is -0.506. The van der Waals surface area contributed by atoms with Crippen molar-refractivity contribution in [2.75, 3.05) is 13.7 Å². The predicted molar refractivity (Wildman–Crippen MR) is 88.4 cm³/mol. The third-order valence-electron chi connectivity index (χ3n) is 5.03. The number of carbonyl (C=O) groups is 3. The Kier molecular flexibility index (Phi) is 3.58. The number of esters is 1. The fourth-order valence-corrected chi connectivity index (χ4v) is 3.62. The number of rotatable bonds is 2. The lowest BCUT2D eigenvalue weighted by Crippen LogP contribution is -2.42. The van der Waals surface area contributed by atoms with Gasteiger partial charge < -0.3 is 9.15 Å². The Hall–Kier alpha value is -2.73. The summed E-state index contributed by atoms with van der Waals surface area (Å²) in [4.78, 5) is 38.7. The number of ketones is 2. The van der Waals surface area contributed by atoms with E-state index in [4.69, 9.17) is 9.15 Å². The maximum Gasteiger partial charge on any atom is 0.322 e. The van der Waals surface area contributed by atoms with Gasteiger partial charge in [-0.05, 0) is 13.3 Å². The SMILES string of the molecule is COC(=O)[C@H](C)N1CCc2c(oc3c2C(=O)C(=O)c2ccccc2-3)C1. The molecule has 6 nitrogen and oxygen atoms in total. The zero-order valence-electron chi connectivity index (χ0n) is 14.0. The van der Waals surface area contributed by atoms with Gasteiger partial charge in [-0.15, -0.1) is 0 Å². The number of furan rings is 1. The van der Waals surface area contributed by atoms with Crippen molar-refractivity contribution in [3.05, 3.63) is 46.7 Å². The highest BCUT2D eigenvalue weighted by molar-refractivity contribution is 6.53. The zero-order chi connectivity index (χ0) is 17.7. The highest BCUT2D eigenvalue weighted by Crippen LogP contribution is 2.40.